The second kappa shape index (κ2) is 9.07. The van der Waals surface area contributed by atoms with Crippen molar-refractivity contribution in [3.05, 3.63) is 82.9 Å². The molecular formula is C27H30F2. The number of fused-ring (bicyclic) bond motifs is 1. The van der Waals surface area contributed by atoms with Crippen molar-refractivity contribution in [2.24, 2.45) is 5.92 Å². The molecule has 0 heterocycles. The maximum Gasteiger partial charge on any atom is 0.166 e. The number of aryl methyl sites for hydroxylation is 2. The summed E-state index contributed by atoms with van der Waals surface area (Å²) in [6.07, 6.45) is 9.99. The lowest BCUT2D eigenvalue weighted by atomic mass is 9.77. The second-order valence-corrected chi connectivity index (χ2v) is 8.66. The molecule has 0 nitrogen and oxygen atoms in total. The monoisotopic (exact) mass is 392 g/mol. The predicted molar refractivity (Wildman–Crippen MR) is 117 cm³/mol. The number of rotatable bonds is 6. The highest BCUT2D eigenvalue weighted by atomic mass is 19.2. The molecule has 0 unspecified atom stereocenters. The minimum Gasteiger partial charge on any atom is -0.204 e. The van der Waals surface area contributed by atoms with Crippen LogP contribution in [0, 0.1) is 17.6 Å². The molecule has 4 rings (SSSR count). The lowest BCUT2D eigenvalue weighted by Crippen LogP contribution is -2.13. The molecule has 152 valence electrons. The van der Waals surface area contributed by atoms with Gasteiger partial charge in [-0.1, -0.05) is 68.3 Å². The van der Waals surface area contributed by atoms with Gasteiger partial charge in [-0.2, -0.15) is 0 Å². The Bertz CT molecular complexity index is 950. The van der Waals surface area contributed by atoms with Gasteiger partial charge in [0, 0.05) is 5.39 Å². The van der Waals surface area contributed by atoms with E-state index in [1.165, 1.54) is 55.7 Å². The first kappa shape index (κ1) is 20.1. The maximum atomic E-state index is 13.9. The molecule has 3 aromatic carbocycles. The molecule has 0 aliphatic heterocycles. The van der Waals surface area contributed by atoms with Gasteiger partial charge in [-0.3, -0.25) is 0 Å². The van der Waals surface area contributed by atoms with Gasteiger partial charge >= 0.3 is 0 Å². The molecule has 1 aliphatic rings. The van der Waals surface area contributed by atoms with E-state index in [0.29, 0.717) is 5.39 Å². The Morgan fingerprint density at radius 2 is 1.48 bits per heavy atom. The molecule has 29 heavy (non-hydrogen) atoms. The van der Waals surface area contributed by atoms with Crippen LogP contribution >= 0.6 is 0 Å². The number of benzene rings is 3. The summed E-state index contributed by atoms with van der Waals surface area (Å²) < 4.78 is 27.2. The summed E-state index contributed by atoms with van der Waals surface area (Å²) in [7, 11) is 0. The Kier molecular flexibility index (Phi) is 6.28. The van der Waals surface area contributed by atoms with Crippen molar-refractivity contribution >= 4 is 10.8 Å². The van der Waals surface area contributed by atoms with E-state index in [0.717, 1.165) is 35.6 Å². The van der Waals surface area contributed by atoms with E-state index in [4.69, 9.17) is 0 Å². The summed E-state index contributed by atoms with van der Waals surface area (Å²) in [5.74, 6) is 0.132. The Hall–Kier alpha value is -2.22. The number of halogens is 2. The van der Waals surface area contributed by atoms with Crippen molar-refractivity contribution in [3.63, 3.8) is 0 Å². The smallest absolute Gasteiger partial charge is 0.166 e. The van der Waals surface area contributed by atoms with Crippen LogP contribution in [0.25, 0.3) is 10.8 Å². The van der Waals surface area contributed by atoms with Crippen LogP contribution in [-0.2, 0) is 12.8 Å². The molecule has 1 saturated carbocycles. The fourth-order valence-electron chi connectivity index (χ4n) is 4.91. The van der Waals surface area contributed by atoms with Gasteiger partial charge in [-0.05, 0) is 78.5 Å². The van der Waals surface area contributed by atoms with Gasteiger partial charge in [0.05, 0.1) is 0 Å². The maximum absolute atomic E-state index is 13.9. The van der Waals surface area contributed by atoms with Crippen molar-refractivity contribution in [1.82, 2.24) is 0 Å². The highest BCUT2D eigenvalue weighted by molar-refractivity contribution is 5.83. The highest BCUT2D eigenvalue weighted by Gasteiger charge is 2.21. The number of hydrogen-bond acceptors (Lipinski definition) is 0. The van der Waals surface area contributed by atoms with Gasteiger partial charge in [-0.15, -0.1) is 0 Å². The number of hydrogen-bond donors (Lipinski definition) is 0. The van der Waals surface area contributed by atoms with Gasteiger partial charge in [0.15, 0.2) is 11.6 Å². The fourth-order valence-corrected chi connectivity index (χ4v) is 4.91. The molecule has 0 atom stereocenters. The van der Waals surface area contributed by atoms with Crippen LogP contribution in [0.4, 0.5) is 8.78 Å². The standard InChI is InChI=1S/C27H30F2/c1-2-3-19-6-11-22(12-7-19)23-13-8-20(9-14-23)4-5-21-10-16-25-24(18-21)15-17-26(28)27(25)29/h8-10,13-19,22H,2-7,11-12H2,1H3/t19-,22-. The van der Waals surface area contributed by atoms with Gasteiger partial charge in [-0.25, -0.2) is 8.78 Å². The van der Waals surface area contributed by atoms with Crippen molar-refractivity contribution in [2.45, 2.75) is 64.2 Å². The lowest BCUT2D eigenvalue weighted by Gasteiger charge is -2.28. The summed E-state index contributed by atoms with van der Waals surface area (Å²) in [4.78, 5) is 0. The van der Waals surface area contributed by atoms with E-state index < -0.39 is 11.6 Å². The molecule has 0 radical (unpaired) electrons. The van der Waals surface area contributed by atoms with Gasteiger partial charge in [0.25, 0.3) is 0 Å². The first-order valence-corrected chi connectivity index (χ1v) is 11.1. The zero-order chi connectivity index (χ0) is 20.2. The fraction of sp³-hybridized carbons (Fsp3) is 0.407. The molecule has 0 N–H and O–H groups in total. The SMILES string of the molecule is CCC[C@H]1CC[C@H](c2ccc(CCc3ccc4c(F)c(F)ccc4c3)cc2)CC1. The third-order valence-electron chi connectivity index (χ3n) is 6.67. The quantitative estimate of drug-likeness (QED) is 0.399. The van der Waals surface area contributed by atoms with Gasteiger partial charge < -0.3 is 0 Å². The van der Waals surface area contributed by atoms with Crippen LogP contribution in [0.1, 0.15) is 68.1 Å². The van der Waals surface area contributed by atoms with Crippen LogP contribution in [-0.4, -0.2) is 0 Å². The predicted octanol–water partition coefficient (Wildman–Crippen LogP) is 7.98. The first-order chi connectivity index (χ1) is 14.1. The molecule has 1 aliphatic carbocycles. The van der Waals surface area contributed by atoms with Crippen LogP contribution in [0.2, 0.25) is 0 Å². The van der Waals surface area contributed by atoms with Crippen LogP contribution in [0.3, 0.4) is 0 Å². The summed E-state index contributed by atoms with van der Waals surface area (Å²) in [6, 6.07) is 17.6. The van der Waals surface area contributed by atoms with E-state index in [2.05, 4.69) is 31.2 Å². The average Bonchev–Trinajstić information content (AvgIpc) is 2.76. The van der Waals surface area contributed by atoms with Crippen LogP contribution < -0.4 is 0 Å². The summed E-state index contributed by atoms with van der Waals surface area (Å²) in [6.45, 7) is 2.29. The summed E-state index contributed by atoms with van der Waals surface area (Å²) in [5, 5.41) is 1.11. The minimum atomic E-state index is -0.788. The summed E-state index contributed by atoms with van der Waals surface area (Å²) in [5.41, 5.74) is 3.98. The van der Waals surface area contributed by atoms with E-state index >= 15 is 0 Å². The zero-order valence-electron chi connectivity index (χ0n) is 17.3. The van der Waals surface area contributed by atoms with E-state index in [1.807, 2.05) is 12.1 Å². The van der Waals surface area contributed by atoms with Crippen molar-refractivity contribution in [1.29, 1.82) is 0 Å². The average molecular weight is 393 g/mol. The third-order valence-corrected chi connectivity index (χ3v) is 6.67. The van der Waals surface area contributed by atoms with E-state index in [1.54, 1.807) is 12.1 Å². The summed E-state index contributed by atoms with van der Waals surface area (Å²) >= 11 is 0. The minimum absolute atomic E-state index is 0.353. The first-order valence-electron chi connectivity index (χ1n) is 11.1. The second-order valence-electron chi connectivity index (χ2n) is 8.66. The van der Waals surface area contributed by atoms with Crippen molar-refractivity contribution < 1.29 is 8.78 Å². The normalized spacial score (nSPS) is 19.6. The Labute approximate surface area is 173 Å². The Balaban J connectivity index is 1.36. The molecule has 0 saturated heterocycles. The van der Waals surface area contributed by atoms with E-state index in [-0.39, 0.29) is 0 Å². The highest BCUT2D eigenvalue weighted by Crippen LogP contribution is 2.37. The third kappa shape index (κ3) is 4.69. The molecule has 1 fully saturated rings. The molecule has 0 bridgehead atoms. The molecule has 0 aromatic heterocycles. The Morgan fingerprint density at radius 1 is 0.793 bits per heavy atom. The van der Waals surface area contributed by atoms with Crippen LogP contribution in [0.5, 0.6) is 0 Å². The molecule has 3 aromatic rings. The largest absolute Gasteiger partial charge is 0.204 e. The Morgan fingerprint density at radius 3 is 2.21 bits per heavy atom. The molecule has 0 amide bonds. The van der Waals surface area contributed by atoms with Crippen molar-refractivity contribution in [2.75, 3.05) is 0 Å². The molecule has 0 spiro atoms. The van der Waals surface area contributed by atoms with Crippen molar-refractivity contribution in [3.8, 4) is 0 Å². The molecule has 2 heteroatoms. The zero-order valence-corrected chi connectivity index (χ0v) is 17.3. The lowest BCUT2D eigenvalue weighted by molar-refractivity contribution is 0.308. The van der Waals surface area contributed by atoms with Gasteiger partial charge in [0.1, 0.15) is 0 Å². The topological polar surface area (TPSA) is 0 Å². The van der Waals surface area contributed by atoms with Crippen LogP contribution in [0.15, 0.2) is 54.6 Å². The van der Waals surface area contributed by atoms with Gasteiger partial charge in [0.2, 0.25) is 0 Å². The van der Waals surface area contributed by atoms with E-state index in [9.17, 15) is 8.78 Å². The molecular weight excluding hydrogens is 362 g/mol.